The summed E-state index contributed by atoms with van der Waals surface area (Å²) in [6.45, 7) is 3.71. The molecule has 10 nitrogen and oxygen atoms in total. The zero-order valence-electron chi connectivity index (χ0n) is 23.7. The van der Waals surface area contributed by atoms with E-state index in [0.29, 0.717) is 76.1 Å². The lowest BCUT2D eigenvalue weighted by molar-refractivity contribution is -0.138. The molecule has 2 aliphatic heterocycles. The summed E-state index contributed by atoms with van der Waals surface area (Å²) < 4.78 is 28.5. The fourth-order valence-corrected chi connectivity index (χ4v) is 5.13. The maximum absolute atomic E-state index is 13.4. The minimum atomic E-state index is -0.325. The number of nitrogens with one attached hydrogen (secondary N) is 1. The third-order valence-electron chi connectivity index (χ3n) is 7.18. The van der Waals surface area contributed by atoms with E-state index in [9.17, 15) is 9.59 Å². The normalized spacial score (nSPS) is 20.3. The molecule has 4 rings (SSSR count). The molecule has 4 bridgehead atoms. The Bertz CT molecular complexity index is 1130. The van der Waals surface area contributed by atoms with Gasteiger partial charge in [-0.1, -0.05) is 18.2 Å². The topological polar surface area (TPSA) is 98.8 Å². The summed E-state index contributed by atoms with van der Waals surface area (Å²) in [5.74, 6) is 1.83. The Kier molecular flexibility index (Phi) is 11.2. The SMILES string of the molecule is COCCCN1CC(=O)N[C@H]2CN(C(=O)CCOC)CC[C@H]2OCc2cccc(c2)Oc2cc(ccc2OC)C1. The maximum Gasteiger partial charge on any atom is 0.234 e. The van der Waals surface area contributed by atoms with Crippen molar-refractivity contribution in [3.8, 4) is 17.2 Å². The summed E-state index contributed by atoms with van der Waals surface area (Å²) in [7, 11) is 4.87. The van der Waals surface area contributed by atoms with Gasteiger partial charge in [0.1, 0.15) is 5.75 Å². The molecule has 0 saturated carbocycles. The van der Waals surface area contributed by atoms with Gasteiger partial charge in [-0.3, -0.25) is 14.5 Å². The third-order valence-corrected chi connectivity index (χ3v) is 7.18. The van der Waals surface area contributed by atoms with Crippen LogP contribution in [-0.4, -0.2) is 94.5 Å². The van der Waals surface area contributed by atoms with Gasteiger partial charge in [-0.05, 0) is 48.2 Å². The summed E-state index contributed by atoms with van der Waals surface area (Å²) in [5.41, 5.74) is 1.95. The van der Waals surface area contributed by atoms with Gasteiger partial charge in [0, 0.05) is 47.0 Å². The van der Waals surface area contributed by atoms with E-state index < -0.39 is 0 Å². The average molecular weight is 556 g/mol. The quantitative estimate of drug-likeness (QED) is 0.497. The molecule has 0 aromatic heterocycles. The van der Waals surface area contributed by atoms with Crippen LogP contribution in [0.3, 0.4) is 0 Å². The van der Waals surface area contributed by atoms with Crippen LogP contribution in [0.2, 0.25) is 0 Å². The summed E-state index contributed by atoms with van der Waals surface area (Å²) in [4.78, 5) is 30.0. The number of nitrogens with zero attached hydrogens (tertiary/aromatic N) is 2. The van der Waals surface area contributed by atoms with Crippen molar-refractivity contribution in [2.24, 2.45) is 0 Å². The molecule has 40 heavy (non-hydrogen) atoms. The number of amides is 2. The van der Waals surface area contributed by atoms with E-state index >= 15 is 0 Å². The van der Waals surface area contributed by atoms with Crippen LogP contribution in [0.4, 0.5) is 0 Å². The number of benzene rings is 2. The minimum absolute atomic E-state index is 0.0167. The van der Waals surface area contributed by atoms with Crippen LogP contribution >= 0.6 is 0 Å². The van der Waals surface area contributed by atoms with Gasteiger partial charge >= 0.3 is 0 Å². The van der Waals surface area contributed by atoms with Crippen LogP contribution in [0.5, 0.6) is 17.2 Å². The predicted octanol–water partition coefficient (Wildman–Crippen LogP) is 2.98. The molecule has 2 amide bonds. The van der Waals surface area contributed by atoms with Crippen molar-refractivity contribution < 1.29 is 33.3 Å². The molecule has 1 N–H and O–H groups in total. The van der Waals surface area contributed by atoms with Crippen LogP contribution in [0.15, 0.2) is 42.5 Å². The van der Waals surface area contributed by atoms with Crippen molar-refractivity contribution >= 4 is 11.8 Å². The molecule has 218 valence electrons. The van der Waals surface area contributed by atoms with Gasteiger partial charge in [-0.2, -0.15) is 0 Å². The fourth-order valence-electron chi connectivity index (χ4n) is 5.13. The number of likely N-dealkylation sites (tertiary alicyclic amines) is 1. The molecule has 1 saturated heterocycles. The van der Waals surface area contributed by atoms with Crippen molar-refractivity contribution in [1.82, 2.24) is 15.1 Å². The summed E-state index contributed by atoms with van der Waals surface area (Å²) >= 11 is 0. The van der Waals surface area contributed by atoms with Crippen molar-refractivity contribution in [2.75, 3.05) is 60.7 Å². The average Bonchev–Trinajstić information content (AvgIpc) is 2.95. The maximum atomic E-state index is 13.4. The first-order valence-corrected chi connectivity index (χ1v) is 13.8. The second-order valence-electron chi connectivity index (χ2n) is 10.2. The number of carbonyl (C=O) groups excluding carboxylic acids is 2. The minimum Gasteiger partial charge on any atom is -0.493 e. The van der Waals surface area contributed by atoms with E-state index in [1.165, 1.54) is 0 Å². The summed E-state index contributed by atoms with van der Waals surface area (Å²) in [6.07, 6.45) is 1.49. The van der Waals surface area contributed by atoms with E-state index in [0.717, 1.165) is 17.5 Å². The monoisotopic (exact) mass is 555 g/mol. The summed E-state index contributed by atoms with van der Waals surface area (Å²) in [5, 5.41) is 3.19. The molecule has 10 heteroatoms. The van der Waals surface area contributed by atoms with Gasteiger partial charge in [0.25, 0.3) is 0 Å². The first kappa shape index (κ1) is 29.8. The Hall–Kier alpha value is -3.18. The lowest BCUT2D eigenvalue weighted by atomic mass is 10.0. The van der Waals surface area contributed by atoms with Crippen LogP contribution in [-0.2, 0) is 37.0 Å². The van der Waals surface area contributed by atoms with Crippen LogP contribution in [0.1, 0.15) is 30.4 Å². The van der Waals surface area contributed by atoms with E-state index in [1.807, 2.05) is 42.5 Å². The van der Waals surface area contributed by atoms with Crippen molar-refractivity contribution in [1.29, 1.82) is 0 Å². The highest BCUT2D eigenvalue weighted by Crippen LogP contribution is 2.33. The third kappa shape index (κ3) is 8.41. The molecule has 2 aromatic carbocycles. The first-order chi connectivity index (χ1) is 19.5. The Balaban J connectivity index is 1.60. The second kappa shape index (κ2) is 15.0. The number of piperidine rings is 1. The Labute approximate surface area is 236 Å². The number of ether oxygens (including phenoxy) is 5. The van der Waals surface area contributed by atoms with Gasteiger partial charge in [-0.15, -0.1) is 0 Å². The highest BCUT2D eigenvalue weighted by Gasteiger charge is 2.33. The fraction of sp³-hybridized carbons (Fsp3) is 0.533. The smallest absolute Gasteiger partial charge is 0.234 e. The van der Waals surface area contributed by atoms with Crippen molar-refractivity contribution in [3.05, 3.63) is 53.6 Å². The van der Waals surface area contributed by atoms with E-state index in [2.05, 4.69) is 10.2 Å². The zero-order chi connectivity index (χ0) is 28.3. The molecular weight excluding hydrogens is 514 g/mol. The molecule has 0 radical (unpaired) electrons. The molecule has 0 unspecified atom stereocenters. The highest BCUT2D eigenvalue weighted by atomic mass is 16.5. The Morgan fingerprint density at radius 1 is 1.05 bits per heavy atom. The first-order valence-electron chi connectivity index (χ1n) is 13.8. The molecule has 1 fully saturated rings. The van der Waals surface area contributed by atoms with E-state index in [4.69, 9.17) is 23.7 Å². The van der Waals surface area contributed by atoms with Gasteiger partial charge in [0.15, 0.2) is 11.5 Å². The number of hydrogen-bond donors (Lipinski definition) is 1. The molecular formula is C30H41N3O7. The van der Waals surface area contributed by atoms with Gasteiger partial charge in [-0.25, -0.2) is 0 Å². The number of hydrogen-bond acceptors (Lipinski definition) is 8. The van der Waals surface area contributed by atoms with Gasteiger partial charge < -0.3 is 33.9 Å². The Morgan fingerprint density at radius 3 is 2.70 bits per heavy atom. The molecule has 2 aliphatic rings. The summed E-state index contributed by atoms with van der Waals surface area (Å²) in [6, 6.07) is 13.3. The van der Waals surface area contributed by atoms with Crippen LogP contribution in [0, 0.1) is 0 Å². The van der Waals surface area contributed by atoms with E-state index in [1.54, 1.807) is 26.2 Å². The number of carbonyl (C=O) groups is 2. The van der Waals surface area contributed by atoms with Gasteiger partial charge in [0.05, 0.1) is 45.4 Å². The molecule has 2 atom stereocenters. The van der Waals surface area contributed by atoms with Crippen LogP contribution in [0.25, 0.3) is 0 Å². The lowest BCUT2D eigenvalue weighted by Crippen LogP contribution is -2.58. The zero-order valence-corrected chi connectivity index (χ0v) is 23.7. The van der Waals surface area contributed by atoms with Crippen molar-refractivity contribution in [3.63, 3.8) is 0 Å². The predicted molar refractivity (Wildman–Crippen MR) is 149 cm³/mol. The number of fused-ring (bicyclic) bond motifs is 5. The molecule has 2 heterocycles. The highest BCUT2D eigenvalue weighted by molar-refractivity contribution is 5.79. The molecule has 2 aromatic rings. The number of methoxy groups -OCH3 is 3. The lowest BCUT2D eigenvalue weighted by Gasteiger charge is -2.39. The van der Waals surface area contributed by atoms with Crippen LogP contribution < -0.4 is 14.8 Å². The van der Waals surface area contributed by atoms with Gasteiger partial charge in [0.2, 0.25) is 11.8 Å². The van der Waals surface area contributed by atoms with Crippen molar-refractivity contribution in [2.45, 2.75) is 44.6 Å². The number of rotatable bonds is 8. The molecule has 0 spiro atoms. The Morgan fingerprint density at radius 2 is 1.90 bits per heavy atom. The standard InChI is InChI=1S/C30H41N3O7/c1-36-14-5-12-32-18-22-8-9-27(38-3)28(17-22)40-24-7-4-6-23(16-24)21-39-26-10-13-33(30(35)11-15-37-2)19-25(26)31-29(34)20-32/h4,6-9,16-17,25-26H,5,10-15,18-21H2,1-3H3,(H,31,34)/t25-,26+/m0/s1. The van der Waals surface area contributed by atoms with E-state index in [-0.39, 0.29) is 30.5 Å². The largest absolute Gasteiger partial charge is 0.493 e. The molecule has 0 aliphatic carbocycles. The second-order valence-corrected chi connectivity index (χ2v) is 10.2.